The van der Waals surface area contributed by atoms with Crippen molar-refractivity contribution < 1.29 is 8.83 Å². The lowest BCUT2D eigenvalue weighted by Gasteiger charge is -2.10. The second-order valence-corrected chi connectivity index (χ2v) is 15.2. The van der Waals surface area contributed by atoms with Crippen molar-refractivity contribution in [3.8, 4) is 62.5 Å². The van der Waals surface area contributed by atoms with Crippen LogP contribution in [0.2, 0.25) is 0 Å². The summed E-state index contributed by atoms with van der Waals surface area (Å²) in [7, 11) is 0. The van der Waals surface area contributed by atoms with Gasteiger partial charge in [-0.1, -0.05) is 103 Å². The zero-order valence-corrected chi connectivity index (χ0v) is 32.7. The molecule has 288 valence electrons. The Kier molecular flexibility index (Phi) is 8.12. The summed E-state index contributed by atoms with van der Waals surface area (Å²) in [6, 6.07) is 55.8. The Hall–Kier alpha value is -8.23. The molecular formula is C53H34N6O2. The van der Waals surface area contributed by atoms with Crippen LogP contribution < -0.4 is 0 Å². The molecule has 0 atom stereocenters. The molecule has 0 unspecified atom stereocenters. The Morgan fingerprint density at radius 2 is 1.08 bits per heavy atom. The van der Waals surface area contributed by atoms with Gasteiger partial charge in [-0.2, -0.15) is 0 Å². The molecule has 12 rings (SSSR count). The van der Waals surface area contributed by atoms with Crippen molar-refractivity contribution >= 4 is 49.6 Å². The van der Waals surface area contributed by atoms with Gasteiger partial charge in [-0.15, -0.1) is 0 Å². The predicted octanol–water partition coefficient (Wildman–Crippen LogP) is 13.3. The highest BCUT2D eigenvalue weighted by Crippen LogP contribution is 2.37. The maximum absolute atomic E-state index is 6.49. The minimum absolute atomic E-state index is 0.546. The number of nitrogens with zero attached hydrogens (tertiary/aromatic N) is 6. The van der Waals surface area contributed by atoms with Gasteiger partial charge < -0.3 is 13.4 Å². The molecule has 7 aromatic carbocycles. The molecule has 1 aliphatic carbocycles. The van der Waals surface area contributed by atoms with Gasteiger partial charge in [0, 0.05) is 44.3 Å². The van der Waals surface area contributed by atoms with E-state index >= 15 is 0 Å². The number of rotatable bonds is 7. The minimum atomic E-state index is 0.546. The van der Waals surface area contributed by atoms with E-state index in [0.717, 1.165) is 90.5 Å². The topological polar surface area (TPSA) is 95.7 Å². The summed E-state index contributed by atoms with van der Waals surface area (Å²) in [5.74, 6) is 3.02. The number of allylic oxidation sites excluding steroid dienone is 4. The molecule has 0 spiro atoms. The number of para-hydroxylation sites is 1. The maximum atomic E-state index is 6.49. The lowest BCUT2D eigenvalue weighted by atomic mass is 10.0. The third-order valence-corrected chi connectivity index (χ3v) is 11.3. The number of aromatic nitrogens is 6. The van der Waals surface area contributed by atoms with Crippen molar-refractivity contribution in [2.75, 3.05) is 0 Å². The van der Waals surface area contributed by atoms with Crippen LogP contribution in [0.15, 0.2) is 191 Å². The molecule has 1 aliphatic rings. The standard InChI is InChI=1S/C53H34N6O2/c1-4-13-33(14-5-1)49-56-50(34-15-6-2-7-16-34)58-51(57-49)38-23-26-43-48(31-38)61-53(54-43)39-20-12-19-36(29-39)37-24-27-46-42(30-37)41-21-10-11-22-45(41)59(46)40-25-28-47-44(32-40)55-52(60-47)35-17-8-3-9-18-35/h1,3-6,8-32H,2,7H2. The zero-order chi connectivity index (χ0) is 40.3. The Morgan fingerprint density at radius 1 is 0.410 bits per heavy atom. The summed E-state index contributed by atoms with van der Waals surface area (Å²) in [6.45, 7) is 0. The fraction of sp³-hybridized carbons (Fsp3) is 0.0377. The molecule has 0 bridgehead atoms. The first-order valence-corrected chi connectivity index (χ1v) is 20.4. The van der Waals surface area contributed by atoms with E-state index in [1.54, 1.807) is 0 Å². The summed E-state index contributed by atoms with van der Waals surface area (Å²) in [5, 5.41) is 2.33. The molecule has 4 heterocycles. The fourth-order valence-electron chi connectivity index (χ4n) is 8.34. The van der Waals surface area contributed by atoms with Gasteiger partial charge in [0.05, 0.1) is 11.0 Å². The lowest BCUT2D eigenvalue weighted by molar-refractivity contribution is 0.619. The van der Waals surface area contributed by atoms with E-state index in [9.17, 15) is 0 Å². The molecule has 61 heavy (non-hydrogen) atoms. The molecule has 0 fully saturated rings. The molecule has 11 aromatic rings. The van der Waals surface area contributed by atoms with Crippen LogP contribution >= 0.6 is 0 Å². The SMILES string of the molecule is C1=CC(c2nc(-c3ccccc3)nc(-c3ccc4nc(-c5cccc(-c6ccc7c(c6)c6ccccc6n7-c6ccc7oc(-c8ccccc8)nc7c6)c5)oc4c3)n2)=CCC1. The van der Waals surface area contributed by atoms with E-state index in [2.05, 4.69) is 95.6 Å². The predicted molar refractivity (Wildman–Crippen MR) is 243 cm³/mol. The van der Waals surface area contributed by atoms with Crippen molar-refractivity contribution in [3.05, 3.63) is 188 Å². The highest BCUT2D eigenvalue weighted by atomic mass is 16.4. The van der Waals surface area contributed by atoms with E-state index in [4.69, 9.17) is 33.8 Å². The molecule has 0 saturated heterocycles. The van der Waals surface area contributed by atoms with Gasteiger partial charge in [0.1, 0.15) is 11.0 Å². The van der Waals surface area contributed by atoms with Crippen LogP contribution in [0.25, 0.3) is 112 Å². The molecule has 0 amide bonds. The highest BCUT2D eigenvalue weighted by molar-refractivity contribution is 6.10. The first-order valence-electron chi connectivity index (χ1n) is 20.4. The van der Waals surface area contributed by atoms with Gasteiger partial charge >= 0.3 is 0 Å². The number of oxazole rings is 2. The Bertz CT molecular complexity index is 3540. The molecule has 0 N–H and O–H groups in total. The Balaban J connectivity index is 0.894. The molecule has 8 heteroatoms. The molecular weight excluding hydrogens is 753 g/mol. The van der Waals surface area contributed by atoms with Crippen LogP contribution in [0, 0.1) is 0 Å². The first kappa shape index (κ1) is 34.8. The van der Waals surface area contributed by atoms with Crippen LogP contribution in [0.5, 0.6) is 0 Å². The van der Waals surface area contributed by atoms with Crippen LogP contribution in [0.4, 0.5) is 0 Å². The largest absolute Gasteiger partial charge is 0.436 e. The van der Waals surface area contributed by atoms with Gasteiger partial charge in [0.2, 0.25) is 11.8 Å². The molecule has 0 saturated carbocycles. The van der Waals surface area contributed by atoms with Gasteiger partial charge in [0.25, 0.3) is 0 Å². The monoisotopic (exact) mass is 786 g/mol. The number of hydrogen-bond donors (Lipinski definition) is 0. The van der Waals surface area contributed by atoms with Crippen molar-refractivity contribution in [1.29, 1.82) is 0 Å². The quantitative estimate of drug-likeness (QED) is 0.159. The lowest BCUT2D eigenvalue weighted by Crippen LogP contribution is -2.03. The summed E-state index contributed by atoms with van der Waals surface area (Å²) >= 11 is 0. The summed E-state index contributed by atoms with van der Waals surface area (Å²) in [6.07, 6.45) is 8.42. The van der Waals surface area contributed by atoms with Gasteiger partial charge in [-0.3, -0.25) is 0 Å². The number of fused-ring (bicyclic) bond motifs is 5. The van der Waals surface area contributed by atoms with E-state index < -0.39 is 0 Å². The van der Waals surface area contributed by atoms with Gasteiger partial charge in [-0.25, -0.2) is 24.9 Å². The van der Waals surface area contributed by atoms with Gasteiger partial charge in [0.15, 0.2) is 28.6 Å². The van der Waals surface area contributed by atoms with E-state index in [1.165, 1.54) is 5.39 Å². The Labute approximate surface area is 349 Å². The molecule has 4 aromatic heterocycles. The highest BCUT2D eigenvalue weighted by Gasteiger charge is 2.18. The van der Waals surface area contributed by atoms with Crippen molar-refractivity contribution in [2.45, 2.75) is 12.8 Å². The van der Waals surface area contributed by atoms with Crippen LogP contribution in [0.3, 0.4) is 0 Å². The molecule has 0 aliphatic heterocycles. The van der Waals surface area contributed by atoms with E-state index in [-0.39, 0.29) is 0 Å². The normalized spacial score (nSPS) is 12.8. The summed E-state index contributed by atoms with van der Waals surface area (Å²) in [5.41, 5.74) is 13.0. The van der Waals surface area contributed by atoms with Crippen LogP contribution in [-0.4, -0.2) is 29.5 Å². The van der Waals surface area contributed by atoms with Crippen LogP contribution in [0.1, 0.15) is 18.7 Å². The first-order chi connectivity index (χ1) is 30.2. The van der Waals surface area contributed by atoms with Crippen molar-refractivity contribution in [3.63, 3.8) is 0 Å². The Morgan fingerprint density at radius 3 is 1.93 bits per heavy atom. The second kappa shape index (κ2) is 14.2. The van der Waals surface area contributed by atoms with Crippen molar-refractivity contribution in [1.82, 2.24) is 29.5 Å². The zero-order valence-electron chi connectivity index (χ0n) is 32.7. The fourth-order valence-corrected chi connectivity index (χ4v) is 8.34. The third kappa shape index (κ3) is 6.20. The van der Waals surface area contributed by atoms with Gasteiger partial charge in [-0.05, 0) is 103 Å². The van der Waals surface area contributed by atoms with Crippen LogP contribution in [-0.2, 0) is 0 Å². The molecule has 8 nitrogen and oxygen atoms in total. The third-order valence-electron chi connectivity index (χ3n) is 11.3. The summed E-state index contributed by atoms with van der Waals surface area (Å²) < 4.78 is 14.9. The average molecular weight is 787 g/mol. The average Bonchev–Trinajstić information content (AvgIpc) is 4.06. The van der Waals surface area contributed by atoms with E-state index in [1.807, 2.05) is 91.0 Å². The number of benzene rings is 7. The number of hydrogen-bond acceptors (Lipinski definition) is 7. The van der Waals surface area contributed by atoms with E-state index in [0.29, 0.717) is 34.8 Å². The maximum Gasteiger partial charge on any atom is 0.227 e. The minimum Gasteiger partial charge on any atom is -0.436 e. The second-order valence-electron chi connectivity index (χ2n) is 15.2. The molecule has 0 radical (unpaired) electrons. The van der Waals surface area contributed by atoms with Crippen molar-refractivity contribution in [2.24, 2.45) is 0 Å². The summed E-state index contributed by atoms with van der Waals surface area (Å²) in [4.78, 5) is 24.5. The smallest absolute Gasteiger partial charge is 0.227 e.